The molecule has 3 aromatic rings. The first kappa shape index (κ1) is 15.7. The van der Waals surface area contributed by atoms with Crippen LogP contribution in [-0.2, 0) is 0 Å². The van der Waals surface area contributed by atoms with E-state index >= 15 is 0 Å². The summed E-state index contributed by atoms with van der Waals surface area (Å²) >= 11 is 3.87. The number of benzene rings is 3. The third-order valence-corrected chi connectivity index (χ3v) is 13.4. The average molecular weight is 503 g/mol. The second kappa shape index (κ2) is 6.94. The fraction of sp³-hybridized carbons (Fsp3) is 0.100. The summed E-state index contributed by atoms with van der Waals surface area (Å²) in [4.78, 5) is 0. The zero-order chi connectivity index (χ0) is 15.5. The number of aryl methyl sites for hydroxylation is 2. The molecule has 0 heterocycles. The van der Waals surface area contributed by atoms with Gasteiger partial charge in [0.25, 0.3) is 0 Å². The number of hydrogen-bond acceptors (Lipinski definition) is 0. The van der Waals surface area contributed by atoms with Gasteiger partial charge >= 0.3 is 146 Å². The molecule has 0 saturated heterocycles. The summed E-state index contributed by atoms with van der Waals surface area (Å²) in [6, 6.07) is 26.6. The molecule has 0 aliphatic rings. The Bertz CT molecular complexity index is 635. The van der Waals surface area contributed by atoms with E-state index in [1.54, 1.807) is 0 Å². The zero-order valence-electron chi connectivity index (χ0n) is 12.8. The Labute approximate surface area is 145 Å². The molecule has 2 heteroatoms. The standard InChI is InChI=1S/2C7H7.C6H4Cl.Bi/c2*1-7-5-3-2-4-6-7;7-6-4-2-1-3-5-6;/h2*3-6H,1H3;2-5H;. The van der Waals surface area contributed by atoms with Crippen molar-refractivity contribution in [1.82, 2.24) is 0 Å². The second-order valence-corrected chi connectivity index (χ2v) is 14.5. The molecule has 0 amide bonds. The zero-order valence-corrected chi connectivity index (χ0v) is 17.0. The predicted octanol–water partition coefficient (Wildman–Crippen LogP) is 3.47. The van der Waals surface area contributed by atoms with Crippen LogP contribution in [0.4, 0.5) is 0 Å². The van der Waals surface area contributed by atoms with Gasteiger partial charge in [-0.3, -0.25) is 0 Å². The molecule has 0 atom stereocenters. The SMILES string of the molecule is Cc1cc[c]([Bi]([c]2ccc(C)cc2)[c]2ccc(Cl)cc2)cc1. The van der Waals surface area contributed by atoms with Crippen molar-refractivity contribution >= 4 is 43.2 Å². The van der Waals surface area contributed by atoms with Crippen LogP contribution in [0.3, 0.4) is 0 Å². The van der Waals surface area contributed by atoms with E-state index in [1.807, 2.05) is 12.1 Å². The molecular weight excluding hydrogens is 485 g/mol. The summed E-state index contributed by atoms with van der Waals surface area (Å²) in [5.74, 6) is 0. The molecule has 0 bridgehead atoms. The molecule has 0 N–H and O–H groups in total. The Morgan fingerprint density at radius 3 is 1.23 bits per heavy atom. The van der Waals surface area contributed by atoms with E-state index < -0.39 is 21.8 Å². The Morgan fingerprint density at radius 1 is 0.545 bits per heavy atom. The fourth-order valence-corrected chi connectivity index (χ4v) is 11.2. The molecular formula is C20H18BiCl. The average Bonchev–Trinajstić information content (AvgIpc) is 2.53. The summed E-state index contributed by atoms with van der Waals surface area (Å²) in [7, 11) is 0. The van der Waals surface area contributed by atoms with Gasteiger partial charge in [-0.2, -0.15) is 0 Å². The maximum absolute atomic E-state index is 6.07. The van der Waals surface area contributed by atoms with E-state index in [2.05, 4.69) is 74.5 Å². The van der Waals surface area contributed by atoms with Crippen LogP contribution in [-0.4, -0.2) is 21.8 Å². The number of halogens is 1. The molecule has 0 aromatic heterocycles. The first-order valence-electron chi connectivity index (χ1n) is 7.32. The van der Waals surface area contributed by atoms with Crippen molar-refractivity contribution in [3.63, 3.8) is 0 Å². The minimum absolute atomic E-state index is 0.806. The van der Waals surface area contributed by atoms with Crippen molar-refractivity contribution in [2.45, 2.75) is 13.8 Å². The van der Waals surface area contributed by atoms with E-state index in [-0.39, 0.29) is 0 Å². The van der Waals surface area contributed by atoms with Gasteiger partial charge in [-0.05, 0) is 0 Å². The predicted molar refractivity (Wildman–Crippen MR) is 98.5 cm³/mol. The Hall–Kier alpha value is -1.17. The van der Waals surface area contributed by atoms with Crippen LogP contribution in [0.5, 0.6) is 0 Å². The number of rotatable bonds is 3. The Kier molecular flexibility index (Phi) is 4.96. The summed E-state index contributed by atoms with van der Waals surface area (Å²) in [6.07, 6.45) is 0. The van der Waals surface area contributed by atoms with Gasteiger partial charge in [0.2, 0.25) is 0 Å². The molecule has 0 aliphatic carbocycles. The second-order valence-electron chi connectivity index (χ2n) is 5.48. The van der Waals surface area contributed by atoms with E-state index in [1.165, 1.54) is 20.9 Å². The molecule has 3 aromatic carbocycles. The molecule has 110 valence electrons. The van der Waals surface area contributed by atoms with Crippen LogP contribution in [0, 0.1) is 13.8 Å². The first-order valence-corrected chi connectivity index (χ1v) is 12.9. The Morgan fingerprint density at radius 2 is 0.864 bits per heavy atom. The van der Waals surface area contributed by atoms with Crippen molar-refractivity contribution in [3.8, 4) is 0 Å². The van der Waals surface area contributed by atoms with E-state index in [4.69, 9.17) is 11.6 Å². The number of hydrogen-bond donors (Lipinski definition) is 0. The molecule has 0 radical (unpaired) electrons. The van der Waals surface area contributed by atoms with Crippen LogP contribution in [0.1, 0.15) is 11.1 Å². The van der Waals surface area contributed by atoms with Gasteiger partial charge in [0, 0.05) is 0 Å². The van der Waals surface area contributed by atoms with Crippen molar-refractivity contribution in [2.24, 2.45) is 0 Å². The van der Waals surface area contributed by atoms with Crippen LogP contribution < -0.4 is 9.81 Å². The van der Waals surface area contributed by atoms with Crippen molar-refractivity contribution in [2.75, 3.05) is 0 Å². The quantitative estimate of drug-likeness (QED) is 0.481. The first-order chi connectivity index (χ1) is 10.6. The third kappa shape index (κ3) is 3.59. The molecule has 0 nitrogen and oxygen atoms in total. The molecule has 0 fully saturated rings. The van der Waals surface area contributed by atoms with Gasteiger partial charge in [-0.15, -0.1) is 0 Å². The normalized spacial score (nSPS) is 10.9. The Balaban J connectivity index is 2.10. The van der Waals surface area contributed by atoms with E-state index in [0.717, 1.165) is 5.02 Å². The van der Waals surface area contributed by atoms with Crippen LogP contribution in [0.2, 0.25) is 5.02 Å². The van der Waals surface area contributed by atoms with Gasteiger partial charge in [0.05, 0.1) is 0 Å². The van der Waals surface area contributed by atoms with Gasteiger partial charge in [-0.25, -0.2) is 0 Å². The fourth-order valence-electron chi connectivity index (χ4n) is 2.43. The minimum atomic E-state index is -2.21. The van der Waals surface area contributed by atoms with Crippen LogP contribution in [0.25, 0.3) is 0 Å². The van der Waals surface area contributed by atoms with Crippen molar-refractivity contribution in [3.05, 3.63) is 88.9 Å². The topological polar surface area (TPSA) is 0 Å². The monoisotopic (exact) mass is 502 g/mol. The van der Waals surface area contributed by atoms with Gasteiger partial charge in [-0.1, -0.05) is 0 Å². The molecule has 22 heavy (non-hydrogen) atoms. The van der Waals surface area contributed by atoms with E-state index in [9.17, 15) is 0 Å². The summed E-state index contributed by atoms with van der Waals surface area (Å²) in [5, 5.41) is 0.806. The molecule has 0 aliphatic heterocycles. The molecule has 0 spiro atoms. The molecule has 3 rings (SSSR count). The molecule has 0 unspecified atom stereocenters. The maximum atomic E-state index is 6.07. The van der Waals surface area contributed by atoms with Gasteiger partial charge in [0.15, 0.2) is 0 Å². The van der Waals surface area contributed by atoms with Gasteiger partial charge < -0.3 is 0 Å². The summed E-state index contributed by atoms with van der Waals surface area (Å²) in [5.41, 5.74) is 2.63. The van der Waals surface area contributed by atoms with Crippen LogP contribution in [0.15, 0.2) is 72.8 Å². The van der Waals surface area contributed by atoms with Crippen molar-refractivity contribution < 1.29 is 0 Å². The summed E-state index contributed by atoms with van der Waals surface area (Å²) in [6.45, 7) is 4.28. The molecule has 0 saturated carbocycles. The third-order valence-electron chi connectivity index (χ3n) is 3.67. The van der Waals surface area contributed by atoms with Gasteiger partial charge in [0.1, 0.15) is 0 Å². The van der Waals surface area contributed by atoms with Crippen LogP contribution >= 0.6 is 11.6 Å². The van der Waals surface area contributed by atoms with Crippen molar-refractivity contribution in [1.29, 1.82) is 0 Å². The summed E-state index contributed by atoms with van der Waals surface area (Å²) < 4.78 is 4.48. The van der Waals surface area contributed by atoms with E-state index in [0.29, 0.717) is 0 Å².